The lowest BCUT2D eigenvalue weighted by atomic mass is 9.82. The number of H-pyrrole nitrogens is 1. The number of benzene rings is 2. The molecule has 0 unspecified atom stereocenters. The molecule has 1 atom stereocenters. The van der Waals surface area contributed by atoms with Crippen molar-refractivity contribution in [3.05, 3.63) is 87.0 Å². The molecule has 2 heterocycles. The minimum atomic E-state index is -0.692. The number of rotatable bonds is 4. The van der Waals surface area contributed by atoms with Gasteiger partial charge in [0.2, 0.25) is 5.88 Å². The van der Waals surface area contributed by atoms with Crippen molar-refractivity contribution in [1.29, 1.82) is 0 Å². The molecule has 6 heteroatoms. The van der Waals surface area contributed by atoms with E-state index in [-0.39, 0.29) is 23.6 Å². The topological polar surface area (TPSA) is 94.4 Å². The maximum absolute atomic E-state index is 13.1. The van der Waals surface area contributed by atoms with Crippen molar-refractivity contribution in [2.45, 2.75) is 32.6 Å². The Labute approximate surface area is 174 Å². The highest BCUT2D eigenvalue weighted by Crippen LogP contribution is 2.43. The molecule has 0 saturated carbocycles. The molecule has 2 aromatic carbocycles. The standard InChI is InChI=1S/C24H24N2O4/c1-4-29-24(28)20-18(15-11-9-14(10-12-15)13(2)3)19-21(30-22(20)25)16-7-5-6-8-17(16)26-23(19)27/h5-13,18H,4,25H2,1-3H3,(H,26,27)/t18-/m0/s1. The van der Waals surface area contributed by atoms with Gasteiger partial charge in [-0.05, 0) is 36.1 Å². The molecule has 4 rings (SSSR count). The summed E-state index contributed by atoms with van der Waals surface area (Å²) in [5, 5.41) is 0.724. The van der Waals surface area contributed by atoms with Crippen molar-refractivity contribution in [1.82, 2.24) is 4.98 Å². The molecular weight excluding hydrogens is 380 g/mol. The quantitative estimate of drug-likeness (QED) is 0.643. The van der Waals surface area contributed by atoms with E-state index in [9.17, 15) is 9.59 Å². The van der Waals surface area contributed by atoms with E-state index in [1.54, 1.807) is 13.0 Å². The van der Waals surface area contributed by atoms with Gasteiger partial charge in [-0.3, -0.25) is 4.79 Å². The average molecular weight is 404 g/mol. The van der Waals surface area contributed by atoms with Crippen LogP contribution < -0.4 is 16.0 Å². The van der Waals surface area contributed by atoms with Crippen LogP contribution in [0.4, 0.5) is 0 Å². The lowest BCUT2D eigenvalue weighted by Crippen LogP contribution is -2.32. The molecule has 6 nitrogen and oxygen atoms in total. The van der Waals surface area contributed by atoms with Gasteiger partial charge in [0, 0.05) is 5.39 Å². The van der Waals surface area contributed by atoms with Crippen LogP contribution in [0.2, 0.25) is 0 Å². The van der Waals surface area contributed by atoms with Gasteiger partial charge in [-0.1, -0.05) is 50.2 Å². The predicted octanol–water partition coefficient (Wildman–Crippen LogP) is 3.91. The number of carbonyl (C=O) groups is 1. The fraction of sp³-hybridized carbons (Fsp3) is 0.250. The molecule has 3 N–H and O–H groups in total. The summed E-state index contributed by atoms with van der Waals surface area (Å²) in [6.07, 6.45) is 0. The summed E-state index contributed by atoms with van der Waals surface area (Å²) in [7, 11) is 0. The number of nitrogens with two attached hydrogens (primary N) is 1. The Hall–Kier alpha value is -3.54. The number of aromatic amines is 1. The summed E-state index contributed by atoms with van der Waals surface area (Å²) in [6, 6.07) is 15.2. The van der Waals surface area contributed by atoms with E-state index in [4.69, 9.17) is 15.2 Å². The third-order valence-corrected chi connectivity index (χ3v) is 5.40. The number of para-hydroxylation sites is 1. The molecule has 0 fully saturated rings. The van der Waals surface area contributed by atoms with E-state index in [1.165, 1.54) is 0 Å². The van der Waals surface area contributed by atoms with Gasteiger partial charge in [-0.25, -0.2) is 4.79 Å². The normalized spacial score (nSPS) is 15.8. The van der Waals surface area contributed by atoms with Gasteiger partial charge in [0.15, 0.2) is 0 Å². The van der Waals surface area contributed by atoms with Gasteiger partial charge in [-0.15, -0.1) is 0 Å². The fourth-order valence-corrected chi connectivity index (χ4v) is 3.89. The van der Waals surface area contributed by atoms with Crippen LogP contribution in [0.5, 0.6) is 5.75 Å². The van der Waals surface area contributed by atoms with E-state index in [0.717, 1.165) is 16.5 Å². The summed E-state index contributed by atoms with van der Waals surface area (Å²) in [5.74, 6) is -0.598. The maximum Gasteiger partial charge on any atom is 0.340 e. The first-order valence-corrected chi connectivity index (χ1v) is 10.0. The third kappa shape index (κ3) is 3.24. The molecule has 0 aliphatic carbocycles. The van der Waals surface area contributed by atoms with Crippen molar-refractivity contribution in [3.63, 3.8) is 0 Å². The SMILES string of the molecule is CCOC(=O)C1=C(N)Oc2c(c(=O)[nH]c3ccccc23)[C@@H]1c1ccc(C(C)C)cc1. The lowest BCUT2D eigenvalue weighted by molar-refractivity contribution is -0.139. The highest BCUT2D eigenvalue weighted by atomic mass is 16.5. The number of aromatic nitrogens is 1. The number of pyridine rings is 1. The van der Waals surface area contributed by atoms with Crippen molar-refractivity contribution >= 4 is 16.9 Å². The molecule has 1 aliphatic rings. The van der Waals surface area contributed by atoms with Crippen LogP contribution in [0.15, 0.2) is 64.8 Å². The zero-order valence-corrected chi connectivity index (χ0v) is 17.2. The number of hydrogen-bond acceptors (Lipinski definition) is 5. The Balaban J connectivity index is 1.99. The highest BCUT2D eigenvalue weighted by Gasteiger charge is 2.38. The molecule has 154 valence electrons. The molecule has 30 heavy (non-hydrogen) atoms. The van der Waals surface area contributed by atoms with Gasteiger partial charge in [-0.2, -0.15) is 0 Å². The van der Waals surface area contributed by atoms with Gasteiger partial charge in [0.25, 0.3) is 5.56 Å². The Morgan fingerprint density at radius 1 is 1.17 bits per heavy atom. The van der Waals surface area contributed by atoms with Crippen LogP contribution in [0.1, 0.15) is 49.3 Å². The zero-order valence-electron chi connectivity index (χ0n) is 17.2. The monoisotopic (exact) mass is 404 g/mol. The van der Waals surface area contributed by atoms with Crippen LogP contribution >= 0.6 is 0 Å². The molecule has 0 saturated heterocycles. The van der Waals surface area contributed by atoms with Gasteiger partial charge < -0.3 is 20.2 Å². The fourth-order valence-electron chi connectivity index (χ4n) is 3.89. The minimum Gasteiger partial charge on any atom is -0.462 e. The number of carbonyl (C=O) groups excluding carboxylic acids is 1. The molecule has 1 aliphatic heterocycles. The van der Waals surface area contributed by atoms with E-state index in [0.29, 0.717) is 22.7 Å². The predicted molar refractivity (Wildman–Crippen MR) is 115 cm³/mol. The Kier molecular flexibility index (Phi) is 5.08. The van der Waals surface area contributed by atoms with E-state index < -0.39 is 11.9 Å². The third-order valence-electron chi connectivity index (χ3n) is 5.40. The summed E-state index contributed by atoms with van der Waals surface area (Å²) in [5.41, 5.74) is 8.96. The Bertz CT molecular complexity index is 1210. The van der Waals surface area contributed by atoms with Gasteiger partial charge >= 0.3 is 5.97 Å². The first kappa shape index (κ1) is 19.8. The second kappa shape index (κ2) is 7.71. The average Bonchev–Trinajstić information content (AvgIpc) is 2.73. The van der Waals surface area contributed by atoms with Crippen LogP contribution in [0.3, 0.4) is 0 Å². The van der Waals surface area contributed by atoms with Crippen molar-refractivity contribution in [3.8, 4) is 5.75 Å². The second-order valence-corrected chi connectivity index (χ2v) is 7.60. The van der Waals surface area contributed by atoms with Crippen LogP contribution in [0, 0.1) is 0 Å². The van der Waals surface area contributed by atoms with Crippen LogP contribution in [-0.4, -0.2) is 17.6 Å². The highest BCUT2D eigenvalue weighted by molar-refractivity contribution is 5.95. The van der Waals surface area contributed by atoms with Crippen molar-refractivity contribution in [2.24, 2.45) is 5.73 Å². The lowest BCUT2D eigenvalue weighted by Gasteiger charge is -2.28. The largest absolute Gasteiger partial charge is 0.462 e. The Morgan fingerprint density at radius 2 is 1.87 bits per heavy atom. The van der Waals surface area contributed by atoms with Crippen molar-refractivity contribution < 1.29 is 14.3 Å². The molecular formula is C24H24N2O4. The van der Waals surface area contributed by atoms with Crippen molar-refractivity contribution in [2.75, 3.05) is 6.61 Å². The molecule has 1 aromatic heterocycles. The van der Waals surface area contributed by atoms with Crippen LogP contribution in [0.25, 0.3) is 10.9 Å². The number of fused-ring (bicyclic) bond motifs is 3. The first-order valence-electron chi connectivity index (χ1n) is 10.0. The van der Waals surface area contributed by atoms with E-state index in [2.05, 4.69) is 18.8 Å². The maximum atomic E-state index is 13.1. The van der Waals surface area contributed by atoms with Crippen LogP contribution in [-0.2, 0) is 9.53 Å². The Morgan fingerprint density at radius 3 is 2.53 bits per heavy atom. The minimum absolute atomic E-state index is 0.0466. The molecule has 0 spiro atoms. The molecule has 0 radical (unpaired) electrons. The second-order valence-electron chi connectivity index (χ2n) is 7.60. The summed E-state index contributed by atoms with van der Waals surface area (Å²) < 4.78 is 11.1. The summed E-state index contributed by atoms with van der Waals surface area (Å²) in [6.45, 7) is 6.13. The van der Waals surface area contributed by atoms with E-state index >= 15 is 0 Å². The number of esters is 1. The first-order chi connectivity index (χ1) is 14.4. The summed E-state index contributed by atoms with van der Waals surface area (Å²) in [4.78, 5) is 28.8. The number of hydrogen-bond donors (Lipinski definition) is 2. The molecule has 0 amide bonds. The molecule has 0 bridgehead atoms. The number of ether oxygens (including phenoxy) is 2. The smallest absolute Gasteiger partial charge is 0.340 e. The number of nitrogens with one attached hydrogen (secondary N) is 1. The molecule has 3 aromatic rings. The summed E-state index contributed by atoms with van der Waals surface area (Å²) >= 11 is 0. The van der Waals surface area contributed by atoms with E-state index in [1.807, 2.05) is 42.5 Å². The zero-order chi connectivity index (χ0) is 21.4. The van der Waals surface area contributed by atoms with Gasteiger partial charge in [0.1, 0.15) is 11.3 Å². The van der Waals surface area contributed by atoms with Gasteiger partial charge in [0.05, 0.1) is 23.6 Å².